The minimum atomic E-state index is -2.38. The van der Waals surface area contributed by atoms with Gasteiger partial charge in [0.2, 0.25) is 0 Å². The molecule has 0 radical (unpaired) electrons. The number of aryl methyl sites for hydroxylation is 1. The number of carbonyl (C=O) groups excluding carboxylic acids is 2. The van der Waals surface area contributed by atoms with Crippen LogP contribution < -0.4 is 0 Å². The molecule has 2 rings (SSSR count). The highest BCUT2D eigenvalue weighted by molar-refractivity contribution is 7.09. The molecule has 9 heteroatoms. The molecule has 1 aliphatic rings. The van der Waals surface area contributed by atoms with Crippen LogP contribution in [-0.4, -0.2) is 51.7 Å². The lowest BCUT2D eigenvalue weighted by atomic mass is 9.73. The number of allylic oxidation sites excluding steroid dienone is 1. The normalized spacial score (nSPS) is 27.4. The van der Waals surface area contributed by atoms with Gasteiger partial charge in [0.25, 0.3) is 0 Å². The lowest BCUT2D eigenvalue weighted by Crippen LogP contribution is -2.54. The predicted octanol–water partition coefficient (Wildman–Crippen LogP) is 10.9. The highest BCUT2D eigenvalue weighted by Crippen LogP contribution is 2.44. The average molecular weight is 706 g/mol. The van der Waals surface area contributed by atoms with E-state index in [2.05, 4.69) is 91.8 Å². The highest BCUT2D eigenvalue weighted by Gasteiger charge is 2.50. The summed E-state index contributed by atoms with van der Waals surface area (Å²) in [5.41, 5.74) is 0.873. The molecule has 268 valence electrons. The molecule has 1 aromatic rings. The Morgan fingerprint density at radius 3 is 2.11 bits per heavy atom. The predicted molar refractivity (Wildman–Crippen MR) is 204 cm³/mol. The third-order valence-electron chi connectivity index (χ3n) is 11.1. The van der Waals surface area contributed by atoms with Crippen molar-refractivity contribution in [1.82, 2.24) is 4.98 Å². The number of Topliss-reactive ketones (excluding diaryl/α,β-unsaturated/α-hetero) is 1. The first-order valence-electron chi connectivity index (χ1n) is 17.6. The number of hydrogen-bond donors (Lipinski definition) is 0. The maximum Gasteiger partial charge on any atom is 0.309 e. The van der Waals surface area contributed by atoms with E-state index in [1.807, 2.05) is 46.1 Å². The Labute approximate surface area is 293 Å². The number of ether oxygens (including phenoxy) is 1. The maximum atomic E-state index is 14.8. The molecule has 0 saturated carbocycles. The van der Waals surface area contributed by atoms with Gasteiger partial charge in [-0.25, -0.2) is 4.98 Å². The second kappa shape index (κ2) is 16.1. The second-order valence-electron chi connectivity index (χ2n) is 17.6. The zero-order chi connectivity index (χ0) is 36.2. The third-order valence-corrected chi connectivity index (χ3v) is 20.8. The molecular weight excluding hydrogens is 639 g/mol. The Morgan fingerprint density at radius 2 is 1.57 bits per heavy atom. The summed E-state index contributed by atoms with van der Waals surface area (Å²) in [5.74, 6) is -0.427. The summed E-state index contributed by atoms with van der Waals surface area (Å²) < 4.78 is 20.4. The second-order valence-corrected chi connectivity index (χ2v) is 28.1. The van der Waals surface area contributed by atoms with Crippen molar-refractivity contribution in [3.8, 4) is 0 Å². The summed E-state index contributed by atoms with van der Waals surface area (Å²) in [6.07, 6.45) is 8.53. The molecule has 0 bridgehead atoms. The standard InChI is InChI=1S/C38H67NO5SSi2/c1-26-21-19-17-18-20-22-31(27(2)23-30-25-45-29(4)39-30)42-33(40)24-32(43-46(13,14)36(5,6)7)38(11,12)35(41)28(3)34(26)44-47(15,16)37(8,9)10/h18,20,23,25-26,28,31-32,34H,17,19,21-22,24H2,1-16H3/b20-18-,27-23+/t26-,28+,31-,32-,34?/m0/s1. The van der Waals surface area contributed by atoms with E-state index < -0.39 is 34.3 Å². The molecule has 0 saturated heterocycles. The van der Waals surface area contributed by atoms with E-state index in [1.165, 1.54) is 0 Å². The largest absolute Gasteiger partial charge is 0.457 e. The van der Waals surface area contributed by atoms with Crippen molar-refractivity contribution in [3.63, 3.8) is 0 Å². The Kier molecular flexibility index (Phi) is 14.3. The highest BCUT2D eigenvalue weighted by atomic mass is 32.1. The van der Waals surface area contributed by atoms with Crippen LogP contribution in [0, 0.1) is 24.2 Å². The van der Waals surface area contributed by atoms with Crippen molar-refractivity contribution in [2.45, 2.75) is 170 Å². The fraction of sp³-hybridized carbons (Fsp3) is 0.763. The van der Waals surface area contributed by atoms with Gasteiger partial charge in [-0.1, -0.05) is 81.4 Å². The molecule has 0 aromatic carbocycles. The minimum Gasteiger partial charge on any atom is -0.457 e. The fourth-order valence-corrected chi connectivity index (χ4v) is 9.10. The Bertz CT molecular complexity index is 1270. The summed E-state index contributed by atoms with van der Waals surface area (Å²) in [7, 11) is -4.57. The number of cyclic esters (lactones) is 1. The Morgan fingerprint density at radius 1 is 1.00 bits per heavy atom. The van der Waals surface area contributed by atoms with Crippen LogP contribution in [0.15, 0.2) is 23.1 Å². The van der Waals surface area contributed by atoms with Crippen molar-refractivity contribution in [1.29, 1.82) is 0 Å². The van der Waals surface area contributed by atoms with E-state index in [-0.39, 0.29) is 46.2 Å². The molecular formula is C38H67NO5SSi2. The molecule has 0 N–H and O–H groups in total. The van der Waals surface area contributed by atoms with Gasteiger partial charge in [0.1, 0.15) is 11.9 Å². The summed E-state index contributed by atoms with van der Waals surface area (Å²) in [4.78, 5) is 33.3. The molecule has 6 nitrogen and oxygen atoms in total. The first-order chi connectivity index (χ1) is 21.3. The van der Waals surface area contributed by atoms with Crippen LogP contribution in [0.5, 0.6) is 0 Å². The van der Waals surface area contributed by atoms with Crippen LogP contribution in [-0.2, 0) is 23.2 Å². The molecule has 2 heterocycles. The van der Waals surface area contributed by atoms with Crippen molar-refractivity contribution in [3.05, 3.63) is 33.8 Å². The number of carbonyl (C=O) groups is 2. The molecule has 0 aliphatic carbocycles. The zero-order valence-electron chi connectivity index (χ0n) is 32.6. The Balaban J connectivity index is 2.62. The lowest BCUT2D eigenvalue weighted by Gasteiger charge is -2.46. The van der Waals surface area contributed by atoms with E-state index in [0.717, 1.165) is 35.5 Å². The van der Waals surface area contributed by atoms with Crippen LogP contribution in [0.25, 0.3) is 6.08 Å². The number of rotatable bonds is 6. The quantitative estimate of drug-likeness (QED) is 0.167. The molecule has 0 spiro atoms. The van der Waals surface area contributed by atoms with Crippen molar-refractivity contribution < 1.29 is 23.2 Å². The molecule has 0 amide bonds. The van der Waals surface area contributed by atoms with Crippen LogP contribution in [0.1, 0.15) is 119 Å². The fourth-order valence-electron chi connectivity index (χ4n) is 5.62. The summed E-state index contributed by atoms with van der Waals surface area (Å²) >= 11 is 1.60. The lowest BCUT2D eigenvalue weighted by molar-refractivity contribution is -0.153. The van der Waals surface area contributed by atoms with E-state index in [0.29, 0.717) is 6.42 Å². The number of aromatic nitrogens is 1. The third kappa shape index (κ3) is 11.3. The van der Waals surface area contributed by atoms with E-state index in [1.54, 1.807) is 11.3 Å². The van der Waals surface area contributed by atoms with Gasteiger partial charge < -0.3 is 13.6 Å². The first-order valence-corrected chi connectivity index (χ1v) is 24.3. The number of thiazole rings is 1. The van der Waals surface area contributed by atoms with Gasteiger partial charge in [-0.05, 0) is 86.9 Å². The SMILES string of the molecule is C/C(=C\c1csc(C)n1)[C@@H]1C/C=C\CCC[C@H](C)C(O[Si](C)(C)C(C)(C)C)[C@@H](C)C(=O)C(C)(C)[C@@H](O[Si](C)(C)C(C)(C)C)CC(=O)O1. The van der Waals surface area contributed by atoms with Crippen molar-refractivity contribution >= 4 is 45.8 Å². The summed E-state index contributed by atoms with van der Waals surface area (Å²) in [6, 6.07) is 0. The average Bonchev–Trinajstić information content (AvgIpc) is 3.33. The van der Waals surface area contributed by atoms with Crippen LogP contribution in [0.4, 0.5) is 0 Å². The zero-order valence-corrected chi connectivity index (χ0v) is 35.4. The minimum absolute atomic E-state index is 0.00455. The Hall–Kier alpha value is -1.40. The smallest absolute Gasteiger partial charge is 0.309 e. The van der Waals surface area contributed by atoms with Gasteiger partial charge in [0.05, 0.1) is 29.3 Å². The molecule has 47 heavy (non-hydrogen) atoms. The van der Waals surface area contributed by atoms with E-state index >= 15 is 0 Å². The molecule has 1 unspecified atom stereocenters. The maximum absolute atomic E-state index is 14.8. The van der Waals surface area contributed by atoms with Gasteiger partial charge in [-0.2, -0.15) is 0 Å². The molecule has 1 aliphatic heterocycles. The molecule has 5 atom stereocenters. The summed E-state index contributed by atoms with van der Waals surface area (Å²) in [5, 5.41) is 2.94. The van der Waals surface area contributed by atoms with E-state index in [9.17, 15) is 9.59 Å². The summed E-state index contributed by atoms with van der Waals surface area (Å²) in [6.45, 7) is 34.4. The van der Waals surface area contributed by atoms with Gasteiger partial charge in [0, 0.05) is 23.1 Å². The van der Waals surface area contributed by atoms with Gasteiger partial charge >= 0.3 is 5.97 Å². The van der Waals surface area contributed by atoms with E-state index in [4.69, 9.17) is 13.6 Å². The first kappa shape index (κ1) is 41.8. The number of nitrogens with zero attached hydrogens (tertiary/aromatic N) is 1. The number of ketones is 1. The number of esters is 1. The van der Waals surface area contributed by atoms with Crippen molar-refractivity contribution in [2.24, 2.45) is 17.3 Å². The van der Waals surface area contributed by atoms with Crippen LogP contribution in [0.3, 0.4) is 0 Å². The van der Waals surface area contributed by atoms with Gasteiger partial charge in [0.15, 0.2) is 16.6 Å². The molecule has 0 fully saturated rings. The van der Waals surface area contributed by atoms with Gasteiger partial charge in [-0.3, -0.25) is 9.59 Å². The monoisotopic (exact) mass is 705 g/mol. The molecule has 1 aromatic heterocycles. The topological polar surface area (TPSA) is 74.7 Å². The van der Waals surface area contributed by atoms with Crippen LogP contribution >= 0.6 is 11.3 Å². The van der Waals surface area contributed by atoms with Gasteiger partial charge in [-0.15, -0.1) is 11.3 Å². The van der Waals surface area contributed by atoms with Crippen LogP contribution in [0.2, 0.25) is 36.3 Å². The number of hydrogen-bond acceptors (Lipinski definition) is 7. The van der Waals surface area contributed by atoms with Crippen molar-refractivity contribution in [2.75, 3.05) is 0 Å².